The zero-order chi connectivity index (χ0) is 23.1. The summed E-state index contributed by atoms with van der Waals surface area (Å²) in [5.74, 6) is 0.775. The number of halogens is 1. The molecule has 0 aliphatic carbocycles. The van der Waals surface area contributed by atoms with E-state index in [9.17, 15) is 18.5 Å². The molecule has 166 valence electrons. The van der Waals surface area contributed by atoms with Crippen LogP contribution in [0.2, 0.25) is 5.02 Å². The van der Waals surface area contributed by atoms with E-state index in [1.807, 2.05) is 6.07 Å². The van der Waals surface area contributed by atoms with Gasteiger partial charge in [-0.1, -0.05) is 35.9 Å². The smallest absolute Gasteiger partial charge is 0.270 e. The van der Waals surface area contributed by atoms with Crippen LogP contribution < -0.4 is 14.2 Å². The van der Waals surface area contributed by atoms with Crippen LogP contribution in [0.4, 0.5) is 11.4 Å². The molecule has 0 atom stereocenters. The van der Waals surface area contributed by atoms with Gasteiger partial charge in [0.05, 0.1) is 23.1 Å². The molecule has 0 aliphatic heterocycles. The van der Waals surface area contributed by atoms with Crippen molar-refractivity contribution in [2.45, 2.75) is 6.61 Å². The third-order valence-corrected chi connectivity index (χ3v) is 5.48. The van der Waals surface area contributed by atoms with Crippen molar-refractivity contribution >= 4 is 39.1 Å². The SMILES string of the molecule is COc1ccc(NS(=O)(=O)/C=C/c2cccc([N+](=O)[O-])c2)cc1OCc1cccc(Cl)c1. The fourth-order valence-electron chi connectivity index (χ4n) is 2.75. The molecule has 8 nitrogen and oxygen atoms in total. The average Bonchev–Trinajstić information content (AvgIpc) is 2.76. The molecule has 0 heterocycles. The summed E-state index contributed by atoms with van der Waals surface area (Å²) in [6.07, 6.45) is 1.27. The second-order valence-electron chi connectivity index (χ2n) is 6.59. The van der Waals surface area contributed by atoms with Crippen molar-refractivity contribution in [1.82, 2.24) is 0 Å². The van der Waals surface area contributed by atoms with E-state index in [0.717, 1.165) is 11.0 Å². The molecule has 0 bridgehead atoms. The normalized spacial score (nSPS) is 11.3. The Kier molecular flexibility index (Phi) is 7.34. The first-order chi connectivity index (χ1) is 15.3. The van der Waals surface area contributed by atoms with Gasteiger partial charge in [0.25, 0.3) is 15.7 Å². The number of sulfonamides is 1. The van der Waals surface area contributed by atoms with Crippen LogP contribution in [0.3, 0.4) is 0 Å². The van der Waals surface area contributed by atoms with Crippen LogP contribution in [0.15, 0.2) is 72.1 Å². The quantitative estimate of drug-likeness (QED) is 0.335. The summed E-state index contributed by atoms with van der Waals surface area (Å²) in [6, 6.07) is 17.4. The van der Waals surface area contributed by atoms with E-state index in [2.05, 4.69) is 4.72 Å². The molecule has 1 N–H and O–H groups in total. The molecule has 3 rings (SSSR count). The first kappa shape index (κ1) is 23.1. The largest absolute Gasteiger partial charge is 0.493 e. The van der Waals surface area contributed by atoms with Gasteiger partial charge in [-0.05, 0) is 41.5 Å². The van der Waals surface area contributed by atoms with Crippen molar-refractivity contribution in [2.75, 3.05) is 11.8 Å². The van der Waals surface area contributed by atoms with Crippen LogP contribution >= 0.6 is 11.6 Å². The molecule has 0 aliphatic rings. The van der Waals surface area contributed by atoms with Crippen LogP contribution in [0.25, 0.3) is 6.08 Å². The zero-order valence-corrected chi connectivity index (χ0v) is 18.5. The van der Waals surface area contributed by atoms with Gasteiger partial charge in [-0.25, -0.2) is 8.42 Å². The average molecular weight is 475 g/mol. The summed E-state index contributed by atoms with van der Waals surface area (Å²) in [7, 11) is -2.41. The van der Waals surface area contributed by atoms with Gasteiger partial charge in [0.1, 0.15) is 6.61 Å². The van der Waals surface area contributed by atoms with Gasteiger partial charge in [0.15, 0.2) is 11.5 Å². The Bertz CT molecular complexity index is 1260. The second kappa shape index (κ2) is 10.2. The van der Waals surface area contributed by atoms with E-state index in [1.165, 1.54) is 43.5 Å². The number of hydrogen-bond donors (Lipinski definition) is 1. The summed E-state index contributed by atoms with van der Waals surface area (Å²) in [5.41, 5.74) is 1.35. The zero-order valence-electron chi connectivity index (χ0n) is 16.9. The van der Waals surface area contributed by atoms with E-state index >= 15 is 0 Å². The molecule has 0 saturated carbocycles. The van der Waals surface area contributed by atoms with Gasteiger partial charge in [0, 0.05) is 23.2 Å². The molecule has 10 heteroatoms. The maximum absolute atomic E-state index is 12.5. The van der Waals surface area contributed by atoms with E-state index < -0.39 is 14.9 Å². The lowest BCUT2D eigenvalue weighted by Crippen LogP contribution is -2.09. The third kappa shape index (κ3) is 6.47. The molecular weight excluding hydrogens is 456 g/mol. The molecule has 0 amide bonds. The molecule has 0 aromatic heterocycles. The lowest BCUT2D eigenvalue weighted by molar-refractivity contribution is -0.384. The summed E-state index contributed by atoms with van der Waals surface area (Å²) >= 11 is 5.98. The number of hydrogen-bond acceptors (Lipinski definition) is 6. The van der Waals surface area contributed by atoms with Gasteiger partial charge in [-0.3, -0.25) is 14.8 Å². The van der Waals surface area contributed by atoms with Crippen LogP contribution in [0.1, 0.15) is 11.1 Å². The standard InChI is InChI=1S/C22H19ClN2O6S/c1-30-21-9-8-19(14-22(21)31-15-17-5-2-6-18(23)12-17)24-32(28,29)11-10-16-4-3-7-20(13-16)25(26)27/h2-14,24H,15H2,1H3/b11-10+. The summed E-state index contributed by atoms with van der Waals surface area (Å²) in [5, 5.41) is 12.4. The summed E-state index contributed by atoms with van der Waals surface area (Å²) in [4.78, 5) is 10.3. The third-order valence-electron chi connectivity index (χ3n) is 4.23. The lowest BCUT2D eigenvalue weighted by Gasteiger charge is -2.13. The molecule has 0 fully saturated rings. The Morgan fingerprint density at radius 2 is 1.84 bits per heavy atom. The number of nitro benzene ring substituents is 1. The van der Waals surface area contributed by atoms with Crippen LogP contribution in [-0.4, -0.2) is 20.5 Å². The molecule has 0 unspecified atom stereocenters. The monoisotopic (exact) mass is 474 g/mol. The molecule has 32 heavy (non-hydrogen) atoms. The van der Waals surface area contributed by atoms with E-state index in [1.54, 1.807) is 30.3 Å². The Balaban J connectivity index is 1.75. The molecule has 0 saturated heterocycles. The number of non-ortho nitro benzene ring substituents is 1. The molecule has 3 aromatic rings. The lowest BCUT2D eigenvalue weighted by atomic mass is 10.2. The fourth-order valence-corrected chi connectivity index (χ4v) is 3.82. The first-order valence-electron chi connectivity index (χ1n) is 9.26. The van der Waals surface area contributed by atoms with Gasteiger partial charge in [-0.2, -0.15) is 0 Å². The highest BCUT2D eigenvalue weighted by molar-refractivity contribution is 7.95. The Labute approximate surface area is 190 Å². The van der Waals surface area contributed by atoms with E-state index in [4.69, 9.17) is 21.1 Å². The van der Waals surface area contributed by atoms with Gasteiger partial charge in [-0.15, -0.1) is 0 Å². The fraction of sp³-hybridized carbons (Fsp3) is 0.0909. The van der Waals surface area contributed by atoms with Crippen molar-refractivity contribution in [1.29, 1.82) is 0 Å². The minimum absolute atomic E-state index is 0.130. The Hall–Kier alpha value is -3.56. The van der Waals surface area contributed by atoms with Crippen molar-refractivity contribution in [3.63, 3.8) is 0 Å². The van der Waals surface area contributed by atoms with Crippen molar-refractivity contribution < 1.29 is 22.8 Å². The van der Waals surface area contributed by atoms with Gasteiger partial charge >= 0.3 is 0 Å². The van der Waals surface area contributed by atoms with E-state index in [0.29, 0.717) is 22.1 Å². The molecule has 0 radical (unpaired) electrons. The highest BCUT2D eigenvalue weighted by Gasteiger charge is 2.11. The highest BCUT2D eigenvalue weighted by Crippen LogP contribution is 2.31. The number of nitrogens with zero attached hydrogens (tertiary/aromatic N) is 1. The minimum Gasteiger partial charge on any atom is -0.493 e. The van der Waals surface area contributed by atoms with Crippen LogP contribution in [0, 0.1) is 10.1 Å². The van der Waals surface area contributed by atoms with Crippen molar-refractivity contribution in [3.8, 4) is 11.5 Å². The predicted molar refractivity (Wildman–Crippen MR) is 123 cm³/mol. The second-order valence-corrected chi connectivity index (χ2v) is 8.59. The predicted octanol–water partition coefficient (Wildman–Crippen LogP) is 5.25. The van der Waals surface area contributed by atoms with Crippen molar-refractivity contribution in [2.24, 2.45) is 0 Å². The first-order valence-corrected chi connectivity index (χ1v) is 11.2. The van der Waals surface area contributed by atoms with Crippen LogP contribution in [-0.2, 0) is 16.6 Å². The maximum Gasteiger partial charge on any atom is 0.270 e. The number of methoxy groups -OCH3 is 1. The number of nitro groups is 1. The number of ether oxygens (including phenoxy) is 2. The Morgan fingerprint density at radius 1 is 1.06 bits per heavy atom. The highest BCUT2D eigenvalue weighted by atomic mass is 35.5. The summed E-state index contributed by atoms with van der Waals surface area (Å²) in [6.45, 7) is 0.208. The molecular formula is C22H19ClN2O6S. The molecule has 0 spiro atoms. The number of anilines is 1. The maximum atomic E-state index is 12.5. The van der Waals surface area contributed by atoms with Gasteiger partial charge in [0.2, 0.25) is 0 Å². The summed E-state index contributed by atoms with van der Waals surface area (Å²) < 4.78 is 38.4. The van der Waals surface area contributed by atoms with Crippen LogP contribution in [0.5, 0.6) is 11.5 Å². The van der Waals surface area contributed by atoms with Crippen molar-refractivity contribution in [3.05, 3.63) is 98.4 Å². The number of benzene rings is 3. The number of rotatable bonds is 9. The molecule has 3 aromatic carbocycles. The Morgan fingerprint density at radius 3 is 2.56 bits per heavy atom. The topological polar surface area (TPSA) is 108 Å². The van der Waals surface area contributed by atoms with E-state index in [-0.39, 0.29) is 18.0 Å². The van der Waals surface area contributed by atoms with Gasteiger partial charge < -0.3 is 9.47 Å². The minimum atomic E-state index is -3.89. The number of nitrogens with one attached hydrogen (secondary N) is 1.